The van der Waals surface area contributed by atoms with E-state index < -0.39 is 15.9 Å². The summed E-state index contributed by atoms with van der Waals surface area (Å²) in [7, 11) is -3.80. The number of sulfonamides is 1. The summed E-state index contributed by atoms with van der Waals surface area (Å²) in [6, 6.07) is 21.0. The molecule has 3 aromatic rings. The van der Waals surface area contributed by atoms with Crippen molar-refractivity contribution in [1.82, 2.24) is 9.79 Å². The Hall–Kier alpha value is -2.52. The SMILES string of the molecule is CC(C)(C)c1ccc(S(=O)(=O)N(Cc2ccc(Br)cc2)Cc2ccc(C(=O)NO)cc2)cc1. The van der Waals surface area contributed by atoms with Gasteiger partial charge in [0.05, 0.1) is 4.90 Å². The number of hydrogen-bond donors (Lipinski definition) is 2. The molecular weight excluding hydrogens is 504 g/mol. The van der Waals surface area contributed by atoms with Crippen molar-refractivity contribution >= 4 is 31.9 Å². The summed E-state index contributed by atoms with van der Waals surface area (Å²) in [5.74, 6) is -0.625. The maximum absolute atomic E-state index is 13.6. The van der Waals surface area contributed by atoms with Gasteiger partial charge in [0.2, 0.25) is 10.0 Å². The number of halogens is 1. The molecule has 3 aromatic carbocycles. The Bertz CT molecular complexity index is 1200. The number of nitrogens with one attached hydrogen (secondary N) is 1. The lowest BCUT2D eigenvalue weighted by atomic mass is 9.87. The zero-order valence-electron chi connectivity index (χ0n) is 18.7. The van der Waals surface area contributed by atoms with Crippen molar-refractivity contribution in [2.75, 3.05) is 0 Å². The lowest BCUT2D eigenvalue weighted by molar-refractivity contribution is 0.0706. The smallest absolute Gasteiger partial charge is 0.274 e. The third-order valence-corrected chi connectivity index (χ3v) is 7.64. The Balaban J connectivity index is 1.95. The molecule has 3 rings (SSSR count). The summed E-state index contributed by atoms with van der Waals surface area (Å²) in [5, 5.41) is 8.80. The molecule has 0 aliphatic heterocycles. The van der Waals surface area contributed by atoms with Gasteiger partial charge in [0, 0.05) is 23.1 Å². The number of nitrogens with zero attached hydrogens (tertiary/aromatic N) is 1. The molecular formula is C25H27BrN2O4S. The first-order valence-corrected chi connectivity index (χ1v) is 12.6. The molecule has 1 amide bonds. The number of carbonyl (C=O) groups excluding carboxylic acids is 1. The van der Waals surface area contributed by atoms with Crippen LogP contribution in [0.15, 0.2) is 82.2 Å². The van der Waals surface area contributed by atoms with E-state index >= 15 is 0 Å². The van der Waals surface area contributed by atoms with Gasteiger partial charge in [-0.1, -0.05) is 73.1 Å². The summed E-state index contributed by atoms with van der Waals surface area (Å²) in [4.78, 5) is 11.8. The highest BCUT2D eigenvalue weighted by Gasteiger charge is 2.26. The van der Waals surface area contributed by atoms with Gasteiger partial charge in [-0.15, -0.1) is 0 Å². The fourth-order valence-electron chi connectivity index (χ4n) is 3.33. The average Bonchev–Trinajstić information content (AvgIpc) is 2.79. The number of hydroxylamine groups is 1. The van der Waals surface area contributed by atoms with Gasteiger partial charge in [0.1, 0.15) is 0 Å². The quantitative estimate of drug-likeness (QED) is 0.322. The largest absolute Gasteiger partial charge is 0.288 e. The number of amides is 1. The van der Waals surface area contributed by atoms with E-state index in [0.29, 0.717) is 0 Å². The molecule has 0 heterocycles. The van der Waals surface area contributed by atoms with Crippen LogP contribution in [0.3, 0.4) is 0 Å². The minimum atomic E-state index is -3.80. The molecule has 174 valence electrons. The minimum absolute atomic E-state index is 0.0813. The van der Waals surface area contributed by atoms with Crippen molar-refractivity contribution in [3.8, 4) is 0 Å². The van der Waals surface area contributed by atoms with E-state index in [1.807, 2.05) is 36.4 Å². The Morgan fingerprint density at radius 3 is 1.82 bits per heavy atom. The van der Waals surface area contributed by atoms with E-state index in [1.54, 1.807) is 41.9 Å². The normalized spacial score (nSPS) is 12.1. The van der Waals surface area contributed by atoms with Crippen LogP contribution in [0.5, 0.6) is 0 Å². The van der Waals surface area contributed by atoms with Gasteiger partial charge in [-0.25, -0.2) is 13.9 Å². The van der Waals surface area contributed by atoms with Crippen LogP contribution in [0.4, 0.5) is 0 Å². The number of hydrogen-bond acceptors (Lipinski definition) is 4. The van der Waals surface area contributed by atoms with Crippen LogP contribution in [0.25, 0.3) is 0 Å². The molecule has 0 bridgehead atoms. The van der Waals surface area contributed by atoms with Crippen molar-refractivity contribution < 1.29 is 18.4 Å². The second kappa shape index (κ2) is 10.2. The molecule has 0 radical (unpaired) electrons. The van der Waals surface area contributed by atoms with Crippen molar-refractivity contribution in [1.29, 1.82) is 0 Å². The number of carbonyl (C=O) groups is 1. The van der Waals surface area contributed by atoms with Gasteiger partial charge < -0.3 is 0 Å². The van der Waals surface area contributed by atoms with Crippen molar-refractivity contribution in [2.24, 2.45) is 0 Å². The van der Waals surface area contributed by atoms with Crippen LogP contribution < -0.4 is 5.48 Å². The number of rotatable bonds is 7. The highest BCUT2D eigenvalue weighted by Crippen LogP contribution is 2.26. The molecule has 0 fully saturated rings. The van der Waals surface area contributed by atoms with Crippen LogP contribution in [0, 0.1) is 0 Å². The maximum Gasteiger partial charge on any atom is 0.274 e. The van der Waals surface area contributed by atoms with Crippen LogP contribution in [0.2, 0.25) is 0 Å². The van der Waals surface area contributed by atoms with Gasteiger partial charge in [0.25, 0.3) is 5.91 Å². The standard InChI is InChI=1S/C25H27BrN2O4S/c1-25(2,3)21-10-14-23(15-11-21)33(31,32)28(17-19-6-12-22(26)13-7-19)16-18-4-8-20(9-5-18)24(29)27-30/h4-15,30H,16-17H2,1-3H3,(H,27,29). The molecule has 6 nitrogen and oxygen atoms in total. The molecule has 0 aliphatic carbocycles. The molecule has 0 aliphatic rings. The zero-order chi connectivity index (χ0) is 24.2. The molecule has 0 aromatic heterocycles. The summed E-state index contributed by atoms with van der Waals surface area (Å²) < 4.78 is 29.6. The lowest BCUT2D eigenvalue weighted by Gasteiger charge is -2.24. The van der Waals surface area contributed by atoms with Crippen LogP contribution in [0.1, 0.15) is 47.8 Å². The Morgan fingerprint density at radius 2 is 1.36 bits per heavy atom. The maximum atomic E-state index is 13.6. The van der Waals surface area contributed by atoms with Crippen molar-refractivity contribution in [3.63, 3.8) is 0 Å². The molecule has 0 spiro atoms. The van der Waals surface area contributed by atoms with E-state index in [0.717, 1.165) is 21.2 Å². The van der Waals surface area contributed by atoms with Gasteiger partial charge in [-0.05, 0) is 58.5 Å². The summed E-state index contributed by atoms with van der Waals surface area (Å²) in [6.45, 7) is 6.56. The molecule has 33 heavy (non-hydrogen) atoms. The van der Waals surface area contributed by atoms with Gasteiger partial charge in [-0.2, -0.15) is 4.31 Å². The fraction of sp³-hybridized carbons (Fsp3) is 0.240. The summed E-state index contributed by atoms with van der Waals surface area (Å²) >= 11 is 3.41. The first kappa shape index (κ1) is 25.1. The van der Waals surface area contributed by atoms with Crippen LogP contribution >= 0.6 is 15.9 Å². The summed E-state index contributed by atoms with van der Waals surface area (Å²) in [5.41, 5.74) is 4.41. The monoisotopic (exact) mass is 530 g/mol. The van der Waals surface area contributed by atoms with E-state index in [9.17, 15) is 13.2 Å². The molecule has 0 saturated carbocycles. The first-order chi connectivity index (χ1) is 15.5. The topological polar surface area (TPSA) is 86.7 Å². The third-order valence-electron chi connectivity index (χ3n) is 5.31. The predicted molar refractivity (Wildman–Crippen MR) is 131 cm³/mol. The van der Waals surface area contributed by atoms with E-state index in [4.69, 9.17) is 5.21 Å². The predicted octanol–water partition coefficient (Wildman–Crippen LogP) is 5.26. The Labute approximate surface area is 203 Å². The zero-order valence-corrected chi connectivity index (χ0v) is 21.2. The van der Waals surface area contributed by atoms with E-state index in [2.05, 4.69) is 36.7 Å². The van der Waals surface area contributed by atoms with E-state index in [1.165, 1.54) is 4.31 Å². The van der Waals surface area contributed by atoms with Crippen molar-refractivity contribution in [2.45, 2.75) is 44.2 Å². The minimum Gasteiger partial charge on any atom is -0.288 e. The molecule has 2 N–H and O–H groups in total. The first-order valence-electron chi connectivity index (χ1n) is 10.4. The van der Waals surface area contributed by atoms with Crippen LogP contribution in [-0.4, -0.2) is 23.8 Å². The highest BCUT2D eigenvalue weighted by atomic mass is 79.9. The Morgan fingerprint density at radius 1 is 0.879 bits per heavy atom. The average molecular weight is 531 g/mol. The third kappa shape index (κ3) is 6.29. The second-order valence-electron chi connectivity index (χ2n) is 8.81. The molecule has 0 atom stereocenters. The van der Waals surface area contributed by atoms with Gasteiger partial charge in [0.15, 0.2) is 0 Å². The molecule has 0 saturated heterocycles. The van der Waals surface area contributed by atoms with Gasteiger partial charge >= 0.3 is 0 Å². The lowest BCUT2D eigenvalue weighted by Crippen LogP contribution is -2.30. The fourth-order valence-corrected chi connectivity index (χ4v) is 5.01. The highest BCUT2D eigenvalue weighted by molar-refractivity contribution is 9.10. The van der Waals surface area contributed by atoms with Crippen LogP contribution in [-0.2, 0) is 28.5 Å². The van der Waals surface area contributed by atoms with Gasteiger partial charge in [-0.3, -0.25) is 10.0 Å². The molecule has 0 unspecified atom stereocenters. The van der Waals surface area contributed by atoms with E-state index in [-0.39, 0.29) is 29.0 Å². The second-order valence-corrected chi connectivity index (χ2v) is 11.7. The Kier molecular flexibility index (Phi) is 7.74. The molecule has 8 heteroatoms. The summed E-state index contributed by atoms with van der Waals surface area (Å²) in [6.07, 6.45) is 0. The van der Waals surface area contributed by atoms with Crippen molar-refractivity contribution in [3.05, 3.63) is 99.5 Å². The number of benzene rings is 3.